The average molecular weight is 432 g/mol. The molecule has 1 aliphatic rings. The Hall–Kier alpha value is -4.01. The molecule has 2 aromatic carbocycles. The van der Waals surface area contributed by atoms with Crippen LogP contribution in [0.5, 0.6) is 0 Å². The monoisotopic (exact) mass is 432 g/mol. The van der Waals surface area contributed by atoms with Crippen molar-refractivity contribution in [1.29, 1.82) is 0 Å². The maximum absolute atomic E-state index is 12.6. The zero-order valence-electron chi connectivity index (χ0n) is 17.5. The Morgan fingerprint density at radius 1 is 0.938 bits per heavy atom. The minimum Gasteiger partial charge on any atom is -0.325 e. The van der Waals surface area contributed by atoms with Crippen LogP contribution in [0.1, 0.15) is 23.4 Å². The van der Waals surface area contributed by atoms with Gasteiger partial charge in [0.15, 0.2) is 0 Å². The van der Waals surface area contributed by atoms with Crippen LogP contribution in [0.2, 0.25) is 0 Å². The molecule has 1 fully saturated rings. The summed E-state index contributed by atoms with van der Waals surface area (Å²) < 4.78 is 0. The molecule has 0 aliphatic carbocycles. The van der Waals surface area contributed by atoms with Gasteiger partial charge in [0.1, 0.15) is 11.9 Å². The van der Waals surface area contributed by atoms with E-state index in [0.29, 0.717) is 18.7 Å². The lowest BCUT2D eigenvalue weighted by Crippen LogP contribution is -2.35. The molecule has 3 aromatic rings. The van der Waals surface area contributed by atoms with Gasteiger partial charge in [0.05, 0.1) is 6.42 Å². The van der Waals surface area contributed by atoms with E-state index in [4.69, 9.17) is 0 Å². The number of anilines is 1. The van der Waals surface area contributed by atoms with Gasteiger partial charge >= 0.3 is 6.03 Å². The minimum absolute atomic E-state index is 0.149. The van der Waals surface area contributed by atoms with Gasteiger partial charge < -0.3 is 5.32 Å². The summed E-state index contributed by atoms with van der Waals surface area (Å²) in [6.45, 7) is 0.262. The molecule has 0 spiro atoms. The third-order valence-electron chi connectivity index (χ3n) is 5.24. The van der Waals surface area contributed by atoms with Crippen LogP contribution >= 0.6 is 0 Å². The smallest absolute Gasteiger partial charge is 0.324 e. The van der Waals surface area contributed by atoms with Gasteiger partial charge in [-0.1, -0.05) is 60.7 Å². The Bertz CT molecular complexity index is 1080. The summed E-state index contributed by atoms with van der Waals surface area (Å²) in [5, 5.41) is 12.0. The maximum Gasteiger partial charge on any atom is 0.324 e. The van der Waals surface area contributed by atoms with Crippen LogP contribution in [0.4, 0.5) is 10.7 Å². The number of carbonyl (C=O) groups excluding carboxylic acids is 3. The second-order valence-electron chi connectivity index (χ2n) is 7.57. The number of urea groups is 1. The van der Waals surface area contributed by atoms with E-state index in [-0.39, 0.29) is 18.9 Å². The molecule has 4 amide bonds. The minimum atomic E-state index is -0.894. The molecule has 1 atom stereocenters. The highest BCUT2D eigenvalue weighted by molar-refractivity contribution is 6.06. The number of imide groups is 1. The van der Waals surface area contributed by atoms with Gasteiger partial charge in [-0.2, -0.15) is 4.98 Å². The summed E-state index contributed by atoms with van der Waals surface area (Å²) >= 11 is 0. The summed E-state index contributed by atoms with van der Waals surface area (Å²) in [6.07, 6.45) is 1.83. The normalized spacial score (nSPS) is 15.6. The van der Waals surface area contributed by atoms with Gasteiger partial charge in [-0.25, -0.2) is 4.79 Å². The van der Waals surface area contributed by atoms with Crippen LogP contribution in [-0.4, -0.2) is 50.5 Å². The number of nitrogens with one attached hydrogen (secondary N) is 3. The van der Waals surface area contributed by atoms with Crippen LogP contribution in [0.15, 0.2) is 60.7 Å². The first-order valence-corrected chi connectivity index (χ1v) is 10.5. The van der Waals surface area contributed by atoms with Crippen molar-refractivity contribution >= 4 is 23.8 Å². The van der Waals surface area contributed by atoms with E-state index in [1.807, 2.05) is 60.7 Å². The first-order valence-electron chi connectivity index (χ1n) is 10.5. The number of aromatic nitrogens is 3. The quantitative estimate of drug-likeness (QED) is 0.447. The van der Waals surface area contributed by atoms with Crippen molar-refractivity contribution in [3.05, 3.63) is 77.6 Å². The lowest BCUT2D eigenvalue weighted by atomic mass is 10.1. The Morgan fingerprint density at radius 2 is 1.59 bits per heavy atom. The number of aryl methyl sites for hydroxylation is 2. The SMILES string of the molecule is O=C(C[C@@H]1NC(=O)N(CCc2ccccc2)C1=O)Nc1n[nH]c(CCc2ccccc2)n1. The Labute approximate surface area is 185 Å². The molecule has 0 radical (unpaired) electrons. The second-order valence-corrected chi connectivity index (χ2v) is 7.57. The highest BCUT2D eigenvalue weighted by Gasteiger charge is 2.38. The van der Waals surface area contributed by atoms with E-state index in [9.17, 15) is 14.4 Å². The molecule has 1 aromatic heterocycles. The predicted octanol–water partition coefficient (Wildman–Crippen LogP) is 2.08. The fraction of sp³-hybridized carbons (Fsp3) is 0.261. The van der Waals surface area contributed by atoms with E-state index in [1.54, 1.807) is 0 Å². The first kappa shape index (κ1) is 21.2. The summed E-state index contributed by atoms with van der Waals surface area (Å²) in [6, 6.07) is 18.2. The fourth-order valence-corrected chi connectivity index (χ4v) is 3.54. The number of H-pyrrole nitrogens is 1. The molecule has 0 unspecified atom stereocenters. The van der Waals surface area contributed by atoms with Crippen LogP contribution in [-0.2, 0) is 28.9 Å². The molecule has 9 heteroatoms. The molecular formula is C23H24N6O3. The number of hydrogen-bond donors (Lipinski definition) is 3. The summed E-state index contributed by atoms with van der Waals surface area (Å²) in [5.41, 5.74) is 2.21. The molecular weight excluding hydrogens is 408 g/mol. The lowest BCUT2D eigenvalue weighted by molar-refractivity contribution is -0.129. The Balaban J connectivity index is 1.25. The van der Waals surface area contributed by atoms with Crippen molar-refractivity contribution in [3.63, 3.8) is 0 Å². The van der Waals surface area contributed by atoms with Crippen molar-refractivity contribution in [2.45, 2.75) is 31.7 Å². The maximum atomic E-state index is 12.6. The molecule has 1 aliphatic heterocycles. The number of aromatic amines is 1. The third kappa shape index (κ3) is 5.37. The Kier molecular flexibility index (Phi) is 6.54. The summed E-state index contributed by atoms with van der Waals surface area (Å²) in [7, 11) is 0. The molecule has 0 bridgehead atoms. The van der Waals surface area contributed by atoms with E-state index in [0.717, 1.165) is 16.9 Å². The van der Waals surface area contributed by atoms with Crippen molar-refractivity contribution < 1.29 is 14.4 Å². The van der Waals surface area contributed by atoms with Crippen LogP contribution in [0.3, 0.4) is 0 Å². The molecule has 1 saturated heterocycles. The highest BCUT2D eigenvalue weighted by atomic mass is 16.2. The van der Waals surface area contributed by atoms with Crippen molar-refractivity contribution in [3.8, 4) is 0 Å². The van der Waals surface area contributed by atoms with Gasteiger partial charge in [-0.15, -0.1) is 5.10 Å². The molecule has 32 heavy (non-hydrogen) atoms. The predicted molar refractivity (Wildman–Crippen MR) is 118 cm³/mol. The zero-order valence-corrected chi connectivity index (χ0v) is 17.5. The number of benzene rings is 2. The van der Waals surface area contributed by atoms with E-state index in [2.05, 4.69) is 25.8 Å². The molecule has 9 nitrogen and oxygen atoms in total. The van der Waals surface area contributed by atoms with Crippen LogP contribution < -0.4 is 10.6 Å². The lowest BCUT2D eigenvalue weighted by Gasteiger charge is -2.12. The van der Waals surface area contributed by atoms with Crippen LogP contribution in [0.25, 0.3) is 0 Å². The van der Waals surface area contributed by atoms with Gasteiger partial charge in [0.2, 0.25) is 11.9 Å². The van der Waals surface area contributed by atoms with Gasteiger partial charge in [0, 0.05) is 13.0 Å². The molecule has 3 N–H and O–H groups in total. The van der Waals surface area contributed by atoms with Gasteiger partial charge in [0.25, 0.3) is 5.91 Å². The van der Waals surface area contributed by atoms with E-state index in [1.165, 1.54) is 5.56 Å². The third-order valence-corrected chi connectivity index (χ3v) is 5.24. The molecule has 4 rings (SSSR count). The number of nitrogens with zero attached hydrogens (tertiary/aromatic N) is 3. The Morgan fingerprint density at radius 3 is 2.28 bits per heavy atom. The largest absolute Gasteiger partial charge is 0.325 e. The number of rotatable bonds is 9. The number of amides is 4. The highest BCUT2D eigenvalue weighted by Crippen LogP contribution is 2.13. The average Bonchev–Trinajstić information content (AvgIpc) is 3.36. The second kappa shape index (κ2) is 9.86. The molecule has 164 valence electrons. The number of hydrogen-bond acceptors (Lipinski definition) is 5. The molecule has 2 heterocycles. The fourth-order valence-electron chi connectivity index (χ4n) is 3.54. The van der Waals surface area contributed by atoms with Crippen molar-refractivity contribution in [2.75, 3.05) is 11.9 Å². The van der Waals surface area contributed by atoms with Crippen molar-refractivity contribution in [2.24, 2.45) is 0 Å². The zero-order chi connectivity index (χ0) is 22.3. The van der Waals surface area contributed by atoms with Crippen molar-refractivity contribution in [1.82, 2.24) is 25.4 Å². The van der Waals surface area contributed by atoms with Crippen LogP contribution in [0, 0.1) is 0 Å². The first-order chi connectivity index (χ1) is 15.6. The standard InChI is InChI=1S/C23H24N6O3/c30-20(26-22-25-19(27-28-22)12-11-16-7-3-1-4-8-16)15-18-21(31)29(23(32)24-18)14-13-17-9-5-2-6-10-17/h1-10,18H,11-15H2,(H,24,32)(H2,25,26,27,28,30)/t18-/m0/s1. The molecule has 0 saturated carbocycles. The van der Waals surface area contributed by atoms with E-state index >= 15 is 0 Å². The summed E-state index contributed by atoms with van der Waals surface area (Å²) in [4.78, 5) is 42.5. The topological polar surface area (TPSA) is 120 Å². The summed E-state index contributed by atoms with van der Waals surface area (Å²) in [5.74, 6) is -0.0426. The van der Waals surface area contributed by atoms with E-state index < -0.39 is 23.9 Å². The number of carbonyl (C=O) groups is 3. The van der Waals surface area contributed by atoms with Gasteiger partial charge in [-0.3, -0.25) is 24.9 Å². The van der Waals surface area contributed by atoms with Gasteiger partial charge in [-0.05, 0) is 24.0 Å².